The molecule has 1 atom stereocenters. The van der Waals surface area contributed by atoms with Gasteiger partial charge in [-0.2, -0.15) is 0 Å². The number of aliphatic hydroxyl groups is 1. The van der Waals surface area contributed by atoms with Crippen LogP contribution in [0.2, 0.25) is 0 Å². The highest BCUT2D eigenvalue weighted by Gasteiger charge is 2.31. The maximum atomic E-state index is 10.2. The molecule has 1 aromatic rings. The molecule has 0 bridgehead atoms. The van der Waals surface area contributed by atoms with E-state index in [1.807, 2.05) is 12.1 Å². The molecule has 1 aromatic carbocycles. The Kier molecular flexibility index (Phi) is 6.34. The molecule has 0 aliphatic carbocycles. The number of hydrogen-bond donors (Lipinski definition) is 1. The predicted molar refractivity (Wildman–Crippen MR) is 98.9 cm³/mol. The summed E-state index contributed by atoms with van der Waals surface area (Å²) in [6.45, 7) is 11.0. The maximum absolute atomic E-state index is 10.2. The molecule has 25 heavy (non-hydrogen) atoms. The molecular formula is C20H32N2O3. The van der Waals surface area contributed by atoms with Crippen LogP contribution in [0.5, 0.6) is 5.75 Å². The summed E-state index contributed by atoms with van der Waals surface area (Å²) in [5.41, 5.74) is 1.56. The third kappa shape index (κ3) is 5.42. The van der Waals surface area contributed by atoms with E-state index in [1.54, 1.807) is 0 Å². The highest BCUT2D eigenvalue weighted by molar-refractivity contribution is 5.28. The van der Waals surface area contributed by atoms with Gasteiger partial charge in [-0.3, -0.25) is 9.80 Å². The number of benzene rings is 1. The van der Waals surface area contributed by atoms with Crippen LogP contribution in [0, 0.1) is 0 Å². The van der Waals surface area contributed by atoms with Crippen LogP contribution in [0.3, 0.4) is 0 Å². The third-order valence-corrected chi connectivity index (χ3v) is 5.36. The SMILES string of the molecule is CC1(C)CCCN1Cc1cccc(OCC(O)CN2CCOCC2)c1. The molecule has 5 nitrogen and oxygen atoms in total. The van der Waals surface area contributed by atoms with E-state index in [9.17, 15) is 5.11 Å². The van der Waals surface area contributed by atoms with Crippen molar-refractivity contribution in [2.45, 2.75) is 44.9 Å². The quantitative estimate of drug-likeness (QED) is 0.818. The smallest absolute Gasteiger partial charge is 0.119 e. The molecule has 1 unspecified atom stereocenters. The molecule has 2 saturated heterocycles. The Bertz CT molecular complexity index is 543. The number of aliphatic hydroxyl groups excluding tert-OH is 1. The first-order valence-electron chi connectivity index (χ1n) is 9.48. The summed E-state index contributed by atoms with van der Waals surface area (Å²) in [7, 11) is 0. The van der Waals surface area contributed by atoms with Crippen molar-refractivity contribution >= 4 is 0 Å². The minimum absolute atomic E-state index is 0.283. The van der Waals surface area contributed by atoms with E-state index in [2.05, 4.69) is 35.8 Å². The monoisotopic (exact) mass is 348 g/mol. The van der Waals surface area contributed by atoms with E-state index in [0.29, 0.717) is 13.2 Å². The van der Waals surface area contributed by atoms with E-state index in [-0.39, 0.29) is 5.54 Å². The zero-order valence-corrected chi connectivity index (χ0v) is 15.6. The Labute approximate surface area is 151 Å². The minimum atomic E-state index is -0.473. The molecule has 2 fully saturated rings. The van der Waals surface area contributed by atoms with Crippen LogP contribution in [0.4, 0.5) is 0 Å². The summed E-state index contributed by atoms with van der Waals surface area (Å²) in [6.07, 6.45) is 2.06. The summed E-state index contributed by atoms with van der Waals surface area (Å²) >= 11 is 0. The van der Waals surface area contributed by atoms with Crippen molar-refractivity contribution in [2.75, 3.05) is 46.0 Å². The molecule has 3 rings (SSSR count). The first-order chi connectivity index (χ1) is 12.0. The Morgan fingerprint density at radius 1 is 1.24 bits per heavy atom. The number of morpholine rings is 1. The normalized spacial score (nSPS) is 22.8. The Morgan fingerprint density at radius 2 is 2.04 bits per heavy atom. The average Bonchev–Trinajstić information content (AvgIpc) is 2.93. The minimum Gasteiger partial charge on any atom is -0.491 e. The van der Waals surface area contributed by atoms with E-state index in [0.717, 1.165) is 45.1 Å². The Balaban J connectivity index is 1.48. The van der Waals surface area contributed by atoms with Crippen LogP contribution >= 0.6 is 0 Å². The van der Waals surface area contributed by atoms with Gasteiger partial charge in [-0.25, -0.2) is 0 Å². The van der Waals surface area contributed by atoms with E-state index in [4.69, 9.17) is 9.47 Å². The largest absolute Gasteiger partial charge is 0.491 e. The van der Waals surface area contributed by atoms with Gasteiger partial charge in [-0.05, 0) is 50.9 Å². The number of nitrogens with zero attached hydrogens (tertiary/aromatic N) is 2. The van der Waals surface area contributed by atoms with Crippen molar-refractivity contribution in [3.8, 4) is 5.75 Å². The molecule has 5 heteroatoms. The van der Waals surface area contributed by atoms with E-state index in [1.165, 1.54) is 18.4 Å². The maximum Gasteiger partial charge on any atom is 0.119 e. The number of likely N-dealkylation sites (tertiary alicyclic amines) is 1. The lowest BCUT2D eigenvalue weighted by Crippen LogP contribution is -2.42. The topological polar surface area (TPSA) is 45.2 Å². The lowest BCUT2D eigenvalue weighted by atomic mass is 10.0. The van der Waals surface area contributed by atoms with Crippen LogP contribution in [0.25, 0.3) is 0 Å². The predicted octanol–water partition coefficient (Wildman–Crippen LogP) is 2.13. The second-order valence-electron chi connectivity index (χ2n) is 7.86. The van der Waals surface area contributed by atoms with Gasteiger partial charge in [-0.1, -0.05) is 12.1 Å². The number of hydrogen-bond acceptors (Lipinski definition) is 5. The van der Waals surface area contributed by atoms with Gasteiger partial charge in [-0.15, -0.1) is 0 Å². The second kappa shape index (κ2) is 8.49. The Hall–Kier alpha value is -1.14. The zero-order chi connectivity index (χ0) is 17.7. The standard InChI is InChI=1S/C20H32N2O3/c1-20(2)7-4-8-22(20)14-17-5-3-6-19(13-17)25-16-18(23)15-21-9-11-24-12-10-21/h3,5-6,13,18,23H,4,7-12,14-16H2,1-2H3. The number of β-amino-alcohol motifs (C(OH)–C–C–N with tert-alkyl or cyclic N) is 1. The summed E-state index contributed by atoms with van der Waals surface area (Å²) < 4.78 is 11.2. The van der Waals surface area contributed by atoms with Crippen LogP contribution in [-0.2, 0) is 11.3 Å². The second-order valence-corrected chi connectivity index (χ2v) is 7.86. The van der Waals surface area contributed by atoms with Crippen LogP contribution in [0.15, 0.2) is 24.3 Å². The first-order valence-corrected chi connectivity index (χ1v) is 9.48. The van der Waals surface area contributed by atoms with Crippen molar-refractivity contribution in [1.82, 2.24) is 9.80 Å². The lowest BCUT2D eigenvalue weighted by molar-refractivity contribution is 0.00464. The van der Waals surface area contributed by atoms with Gasteiger partial charge in [0.25, 0.3) is 0 Å². The summed E-state index contributed by atoms with van der Waals surface area (Å²) in [6, 6.07) is 8.28. The van der Waals surface area contributed by atoms with Gasteiger partial charge in [0.2, 0.25) is 0 Å². The van der Waals surface area contributed by atoms with Crippen LogP contribution < -0.4 is 4.74 Å². The lowest BCUT2D eigenvalue weighted by Gasteiger charge is -2.31. The van der Waals surface area contributed by atoms with Crippen LogP contribution in [0.1, 0.15) is 32.3 Å². The average molecular weight is 348 g/mol. The fraction of sp³-hybridized carbons (Fsp3) is 0.700. The summed E-state index contributed by atoms with van der Waals surface area (Å²) in [5.74, 6) is 0.843. The molecule has 2 heterocycles. The third-order valence-electron chi connectivity index (χ3n) is 5.36. The number of ether oxygens (including phenoxy) is 2. The molecule has 0 amide bonds. The molecule has 0 aromatic heterocycles. The zero-order valence-electron chi connectivity index (χ0n) is 15.6. The van der Waals surface area contributed by atoms with E-state index >= 15 is 0 Å². The molecule has 0 spiro atoms. The summed E-state index contributed by atoms with van der Waals surface area (Å²) in [4.78, 5) is 4.77. The van der Waals surface area contributed by atoms with E-state index < -0.39 is 6.10 Å². The van der Waals surface area contributed by atoms with Gasteiger partial charge >= 0.3 is 0 Å². The van der Waals surface area contributed by atoms with Crippen LogP contribution in [-0.4, -0.2) is 72.5 Å². The van der Waals surface area contributed by atoms with Crippen molar-refractivity contribution in [3.05, 3.63) is 29.8 Å². The molecule has 0 radical (unpaired) electrons. The fourth-order valence-corrected chi connectivity index (χ4v) is 3.74. The van der Waals surface area contributed by atoms with Crippen molar-refractivity contribution in [1.29, 1.82) is 0 Å². The van der Waals surface area contributed by atoms with Gasteiger partial charge in [0.1, 0.15) is 18.5 Å². The Morgan fingerprint density at radius 3 is 2.76 bits per heavy atom. The van der Waals surface area contributed by atoms with Gasteiger partial charge < -0.3 is 14.6 Å². The van der Waals surface area contributed by atoms with Crippen molar-refractivity contribution < 1.29 is 14.6 Å². The molecule has 0 saturated carbocycles. The van der Waals surface area contributed by atoms with Gasteiger partial charge in [0, 0.05) is 31.7 Å². The van der Waals surface area contributed by atoms with Gasteiger partial charge in [0.05, 0.1) is 13.2 Å². The molecule has 1 N–H and O–H groups in total. The first kappa shape index (κ1) is 18.6. The molecule has 140 valence electrons. The molecule has 2 aliphatic rings. The van der Waals surface area contributed by atoms with Crippen molar-refractivity contribution in [2.24, 2.45) is 0 Å². The number of rotatable bonds is 7. The summed E-state index contributed by atoms with van der Waals surface area (Å²) in [5, 5.41) is 10.2. The molecular weight excluding hydrogens is 316 g/mol. The van der Waals surface area contributed by atoms with Crippen molar-refractivity contribution in [3.63, 3.8) is 0 Å². The van der Waals surface area contributed by atoms with Gasteiger partial charge in [0.15, 0.2) is 0 Å². The highest BCUT2D eigenvalue weighted by atomic mass is 16.5. The highest BCUT2D eigenvalue weighted by Crippen LogP contribution is 2.30. The fourth-order valence-electron chi connectivity index (χ4n) is 3.74. The molecule has 2 aliphatic heterocycles.